The van der Waals surface area contributed by atoms with Crippen LogP contribution in [0.25, 0.3) is 0 Å². The average molecular weight is 248 g/mol. The zero-order chi connectivity index (χ0) is 12.5. The molecule has 0 amide bonds. The summed E-state index contributed by atoms with van der Waals surface area (Å²) >= 11 is 0. The molecule has 3 heteroatoms. The smallest absolute Gasteiger partial charge is 0.125 e. The van der Waals surface area contributed by atoms with Gasteiger partial charge in [0.1, 0.15) is 5.82 Å². The number of benzene rings is 1. The van der Waals surface area contributed by atoms with E-state index in [4.69, 9.17) is 0 Å². The molecule has 1 aromatic rings. The molecule has 1 heterocycles. The molecule has 0 aromatic heterocycles. The third-order valence-corrected chi connectivity index (χ3v) is 4.11. The van der Waals surface area contributed by atoms with Gasteiger partial charge in [0, 0.05) is 30.9 Å². The van der Waals surface area contributed by atoms with E-state index >= 15 is 0 Å². The Kier molecular flexibility index (Phi) is 3.25. The maximum atomic E-state index is 13.4. The van der Waals surface area contributed by atoms with Crippen LogP contribution in [-0.2, 0) is 6.42 Å². The van der Waals surface area contributed by atoms with Crippen molar-refractivity contribution < 1.29 is 4.39 Å². The van der Waals surface area contributed by atoms with E-state index in [-0.39, 0.29) is 5.82 Å². The van der Waals surface area contributed by atoms with E-state index in [0.29, 0.717) is 6.04 Å². The summed E-state index contributed by atoms with van der Waals surface area (Å²) in [5.41, 5.74) is 2.40. The monoisotopic (exact) mass is 248 g/mol. The first kappa shape index (κ1) is 12.0. The number of halogens is 1. The van der Waals surface area contributed by atoms with Gasteiger partial charge in [-0.3, -0.25) is 0 Å². The van der Waals surface area contributed by atoms with Gasteiger partial charge in [0.2, 0.25) is 0 Å². The molecule has 0 spiro atoms. The number of anilines is 1. The van der Waals surface area contributed by atoms with E-state index in [0.717, 1.165) is 37.7 Å². The summed E-state index contributed by atoms with van der Waals surface area (Å²) in [6.45, 7) is 4.28. The first-order valence-corrected chi connectivity index (χ1v) is 7.06. The van der Waals surface area contributed by atoms with E-state index in [1.54, 1.807) is 12.1 Å². The van der Waals surface area contributed by atoms with Crippen molar-refractivity contribution in [3.63, 3.8) is 0 Å². The molecule has 1 fully saturated rings. The van der Waals surface area contributed by atoms with E-state index < -0.39 is 0 Å². The largest absolute Gasteiger partial charge is 0.367 e. The molecule has 1 unspecified atom stereocenters. The lowest BCUT2D eigenvalue weighted by Crippen LogP contribution is -2.41. The zero-order valence-electron chi connectivity index (χ0n) is 11.0. The van der Waals surface area contributed by atoms with Crippen molar-refractivity contribution in [3.8, 4) is 0 Å². The van der Waals surface area contributed by atoms with Gasteiger partial charge >= 0.3 is 0 Å². The molecule has 2 aliphatic rings. The Labute approximate surface area is 108 Å². The molecule has 1 aliphatic heterocycles. The molecule has 0 saturated heterocycles. The van der Waals surface area contributed by atoms with E-state index in [9.17, 15) is 4.39 Å². The van der Waals surface area contributed by atoms with E-state index in [1.807, 2.05) is 6.07 Å². The SMILES string of the molecule is CCC(CNC1CC1)N1CCc2ccc(F)cc21. The van der Waals surface area contributed by atoms with E-state index in [2.05, 4.69) is 17.1 Å². The number of fused-ring (bicyclic) bond motifs is 1. The summed E-state index contributed by atoms with van der Waals surface area (Å²) in [6.07, 6.45) is 4.80. The summed E-state index contributed by atoms with van der Waals surface area (Å²) in [6, 6.07) is 6.45. The highest BCUT2D eigenvalue weighted by Crippen LogP contribution is 2.31. The van der Waals surface area contributed by atoms with Crippen LogP contribution in [0.5, 0.6) is 0 Å². The second-order valence-corrected chi connectivity index (χ2v) is 5.46. The molecule has 2 nitrogen and oxygen atoms in total. The highest BCUT2D eigenvalue weighted by Gasteiger charge is 2.27. The van der Waals surface area contributed by atoms with Gasteiger partial charge in [-0.15, -0.1) is 0 Å². The molecule has 1 aromatic carbocycles. The van der Waals surface area contributed by atoms with Crippen LogP contribution in [0.3, 0.4) is 0 Å². The van der Waals surface area contributed by atoms with Crippen LogP contribution < -0.4 is 10.2 Å². The molecule has 1 N–H and O–H groups in total. The molecular weight excluding hydrogens is 227 g/mol. The summed E-state index contributed by atoms with van der Waals surface area (Å²) in [5.74, 6) is -0.120. The fourth-order valence-corrected chi connectivity index (χ4v) is 2.82. The molecule has 1 saturated carbocycles. The minimum Gasteiger partial charge on any atom is -0.367 e. The van der Waals surface area contributed by atoms with E-state index in [1.165, 1.54) is 18.4 Å². The van der Waals surface area contributed by atoms with Crippen LogP contribution in [0, 0.1) is 5.82 Å². The molecule has 1 aliphatic carbocycles. The fourth-order valence-electron chi connectivity index (χ4n) is 2.82. The van der Waals surface area contributed by atoms with Crippen LogP contribution in [0.4, 0.5) is 10.1 Å². The van der Waals surface area contributed by atoms with Crippen LogP contribution in [0.2, 0.25) is 0 Å². The average Bonchev–Trinajstić information content (AvgIpc) is 3.11. The van der Waals surface area contributed by atoms with Crippen LogP contribution in [0.15, 0.2) is 18.2 Å². The van der Waals surface area contributed by atoms with Crippen molar-refractivity contribution in [1.82, 2.24) is 5.32 Å². The van der Waals surface area contributed by atoms with Gasteiger partial charge in [-0.05, 0) is 43.4 Å². The maximum absolute atomic E-state index is 13.4. The van der Waals surface area contributed by atoms with Crippen molar-refractivity contribution in [2.24, 2.45) is 0 Å². The topological polar surface area (TPSA) is 15.3 Å². The Bertz CT molecular complexity index is 429. The quantitative estimate of drug-likeness (QED) is 0.862. The van der Waals surface area contributed by atoms with Gasteiger partial charge in [-0.1, -0.05) is 13.0 Å². The molecule has 0 bridgehead atoms. The first-order valence-electron chi connectivity index (χ1n) is 7.06. The number of hydrogen-bond acceptors (Lipinski definition) is 2. The van der Waals surface area contributed by atoms with Gasteiger partial charge in [-0.25, -0.2) is 4.39 Å². The second kappa shape index (κ2) is 4.88. The number of hydrogen-bond donors (Lipinski definition) is 1. The van der Waals surface area contributed by atoms with Crippen molar-refractivity contribution >= 4 is 5.69 Å². The Morgan fingerprint density at radius 3 is 3.00 bits per heavy atom. The molecular formula is C15H21FN2. The lowest BCUT2D eigenvalue weighted by Gasteiger charge is -2.30. The van der Waals surface area contributed by atoms with Crippen molar-refractivity contribution in [1.29, 1.82) is 0 Å². The normalized spacial score (nSPS) is 20.0. The van der Waals surface area contributed by atoms with Gasteiger partial charge in [0.05, 0.1) is 0 Å². The third-order valence-electron chi connectivity index (χ3n) is 4.11. The number of nitrogens with one attached hydrogen (secondary N) is 1. The Balaban J connectivity index is 1.73. The van der Waals surface area contributed by atoms with Crippen LogP contribution >= 0.6 is 0 Å². The van der Waals surface area contributed by atoms with Crippen LogP contribution in [-0.4, -0.2) is 25.2 Å². The number of rotatable bonds is 5. The highest BCUT2D eigenvalue weighted by atomic mass is 19.1. The lowest BCUT2D eigenvalue weighted by molar-refractivity contribution is 0.525. The summed E-state index contributed by atoms with van der Waals surface area (Å²) in [4.78, 5) is 2.38. The predicted molar refractivity (Wildman–Crippen MR) is 72.6 cm³/mol. The van der Waals surface area contributed by atoms with Gasteiger partial charge in [-0.2, -0.15) is 0 Å². The lowest BCUT2D eigenvalue weighted by atomic mass is 10.1. The van der Waals surface area contributed by atoms with Crippen molar-refractivity contribution in [2.45, 2.75) is 44.7 Å². The highest BCUT2D eigenvalue weighted by molar-refractivity contribution is 5.59. The third kappa shape index (κ3) is 2.37. The predicted octanol–water partition coefficient (Wildman–Crippen LogP) is 2.72. The standard InChI is InChI=1S/C15H21FN2/c1-2-14(10-17-13-5-6-13)18-8-7-11-3-4-12(16)9-15(11)18/h3-4,9,13-14,17H,2,5-8,10H2,1H3. The second-order valence-electron chi connectivity index (χ2n) is 5.46. The first-order chi connectivity index (χ1) is 8.78. The summed E-state index contributed by atoms with van der Waals surface area (Å²) < 4.78 is 13.4. The van der Waals surface area contributed by atoms with Crippen molar-refractivity contribution in [2.75, 3.05) is 18.0 Å². The minimum atomic E-state index is -0.120. The van der Waals surface area contributed by atoms with Crippen LogP contribution in [0.1, 0.15) is 31.7 Å². The Morgan fingerprint density at radius 1 is 1.44 bits per heavy atom. The number of nitrogens with zero attached hydrogens (tertiary/aromatic N) is 1. The minimum absolute atomic E-state index is 0.120. The van der Waals surface area contributed by atoms with Gasteiger partial charge in [0.15, 0.2) is 0 Å². The molecule has 3 rings (SSSR count). The zero-order valence-corrected chi connectivity index (χ0v) is 11.0. The fraction of sp³-hybridized carbons (Fsp3) is 0.600. The molecule has 18 heavy (non-hydrogen) atoms. The Hall–Kier alpha value is -1.09. The summed E-state index contributed by atoms with van der Waals surface area (Å²) in [5, 5.41) is 3.59. The molecule has 0 radical (unpaired) electrons. The van der Waals surface area contributed by atoms with Gasteiger partial charge in [0.25, 0.3) is 0 Å². The molecule has 1 atom stereocenters. The molecule has 98 valence electrons. The Morgan fingerprint density at radius 2 is 2.28 bits per heavy atom. The van der Waals surface area contributed by atoms with Crippen molar-refractivity contribution in [3.05, 3.63) is 29.6 Å². The maximum Gasteiger partial charge on any atom is 0.125 e. The van der Waals surface area contributed by atoms with Gasteiger partial charge < -0.3 is 10.2 Å². The summed E-state index contributed by atoms with van der Waals surface area (Å²) in [7, 11) is 0.